The number of carbonyl (C=O) groups is 1. The summed E-state index contributed by atoms with van der Waals surface area (Å²) < 4.78 is 11.2. The second-order valence-corrected chi connectivity index (χ2v) is 7.28. The summed E-state index contributed by atoms with van der Waals surface area (Å²) in [7, 11) is 1.67. The first-order valence-corrected chi connectivity index (χ1v) is 10.2. The van der Waals surface area contributed by atoms with Gasteiger partial charge in [-0.25, -0.2) is 4.79 Å². The number of hydrogen-bond acceptors (Lipinski definition) is 5. The van der Waals surface area contributed by atoms with E-state index in [1.54, 1.807) is 7.11 Å². The first-order valence-electron chi connectivity index (χ1n) is 10.2. The third-order valence-corrected chi connectivity index (χ3v) is 5.06. The van der Waals surface area contributed by atoms with Crippen LogP contribution in [0, 0.1) is 0 Å². The van der Waals surface area contributed by atoms with Crippen LogP contribution in [-0.4, -0.2) is 49.3 Å². The second-order valence-electron chi connectivity index (χ2n) is 7.28. The lowest BCUT2D eigenvalue weighted by molar-refractivity contribution is -0.132. The number of aliphatic hydroxyl groups excluding tert-OH is 1. The van der Waals surface area contributed by atoms with Crippen LogP contribution < -0.4 is 4.74 Å². The number of aliphatic hydroxyl groups is 1. The number of carboxylic acids is 1. The van der Waals surface area contributed by atoms with Crippen molar-refractivity contribution >= 4 is 17.8 Å². The van der Waals surface area contributed by atoms with Crippen LogP contribution in [0.15, 0.2) is 64.9 Å². The number of ether oxygens (including phenoxy) is 2. The van der Waals surface area contributed by atoms with E-state index in [-0.39, 0.29) is 11.3 Å². The molecule has 1 aliphatic heterocycles. The van der Waals surface area contributed by atoms with Crippen molar-refractivity contribution in [1.29, 1.82) is 0 Å². The number of allylic oxidation sites excluding steroid dienone is 2. The van der Waals surface area contributed by atoms with Gasteiger partial charge in [-0.1, -0.05) is 30.3 Å². The quantitative estimate of drug-likeness (QED) is 0.633. The van der Waals surface area contributed by atoms with Crippen LogP contribution >= 0.6 is 0 Å². The van der Waals surface area contributed by atoms with Crippen LogP contribution in [0.5, 0.6) is 5.75 Å². The molecular formula is C25H27NO5. The van der Waals surface area contributed by atoms with Crippen molar-refractivity contribution in [3.63, 3.8) is 0 Å². The molecule has 0 fully saturated rings. The van der Waals surface area contributed by atoms with Crippen LogP contribution in [0.2, 0.25) is 0 Å². The van der Waals surface area contributed by atoms with Crippen LogP contribution in [0.4, 0.5) is 0 Å². The summed E-state index contributed by atoms with van der Waals surface area (Å²) in [6.07, 6.45) is 4.09. The number of aliphatic imine (C=N–C) groups is 1. The summed E-state index contributed by atoms with van der Waals surface area (Å²) >= 11 is 0. The van der Waals surface area contributed by atoms with Crippen LogP contribution in [0.3, 0.4) is 0 Å². The molecule has 3 rings (SSSR count). The second kappa shape index (κ2) is 10.6. The molecule has 1 heterocycles. The van der Waals surface area contributed by atoms with Crippen molar-refractivity contribution in [1.82, 2.24) is 0 Å². The summed E-state index contributed by atoms with van der Waals surface area (Å²) in [6, 6.07) is 14.0. The van der Waals surface area contributed by atoms with Gasteiger partial charge in [0.15, 0.2) is 0 Å². The molecule has 0 spiro atoms. The lowest BCUT2D eigenvalue weighted by Gasteiger charge is -2.18. The average Bonchev–Trinajstić information content (AvgIpc) is 2.76. The maximum absolute atomic E-state index is 11.4. The van der Waals surface area contributed by atoms with Gasteiger partial charge in [0, 0.05) is 38.5 Å². The first-order chi connectivity index (χ1) is 15.0. The normalized spacial score (nSPS) is 15.7. The molecule has 0 unspecified atom stereocenters. The molecule has 162 valence electrons. The Morgan fingerprint density at radius 2 is 1.90 bits per heavy atom. The summed E-state index contributed by atoms with van der Waals surface area (Å²) in [5.74, 6) is -0.750. The molecule has 31 heavy (non-hydrogen) atoms. The van der Waals surface area contributed by atoms with Crippen molar-refractivity contribution in [2.24, 2.45) is 4.99 Å². The monoisotopic (exact) mass is 421 g/mol. The summed E-state index contributed by atoms with van der Waals surface area (Å²) in [5, 5.41) is 19.7. The van der Waals surface area contributed by atoms with E-state index in [0.717, 1.165) is 40.0 Å². The minimum atomic E-state index is -1.21. The summed E-state index contributed by atoms with van der Waals surface area (Å²) in [6.45, 7) is 3.42. The maximum atomic E-state index is 11.4. The van der Waals surface area contributed by atoms with Gasteiger partial charge in [0.2, 0.25) is 0 Å². The van der Waals surface area contributed by atoms with Crippen molar-refractivity contribution in [3.8, 4) is 16.9 Å². The van der Waals surface area contributed by atoms with Gasteiger partial charge in [-0.05, 0) is 53.8 Å². The standard InChI is InChI=1S/C25H27NO5/c1-17-13-23(27)22(25(28)29)16-26-10-9-19-14-24(31-12-6-11-30-2)21(15-20(17)19)18-7-4-3-5-8-18/h3-5,7-8,13-16,27H,6,9-12H2,1-2H3,(H,28,29)/b17-13+,23-22?,26-16?. The molecule has 2 aromatic carbocycles. The number of methoxy groups -OCH3 is 1. The van der Waals surface area contributed by atoms with Gasteiger partial charge in [0.1, 0.15) is 17.1 Å². The van der Waals surface area contributed by atoms with Crippen LogP contribution in [-0.2, 0) is 16.0 Å². The Morgan fingerprint density at radius 3 is 2.61 bits per heavy atom. The zero-order valence-electron chi connectivity index (χ0n) is 17.8. The van der Waals surface area contributed by atoms with E-state index in [9.17, 15) is 15.0 Å². The Balaban J connectivity index is 2.11. The van der Waals surface area contributed by atoms with E-state index in [2.05, 4.69) is 4.99 Å². The molecular weight excluding hydrogens is 394 g/mol. The SMILES string of the molecule is COCCCOc1cc2c(cc1-c1ccccc1)/C(C)=C/C(O)=C(C(=O)O)C=NCC2. The molecule has 0 radical (unpaired) electrons. The van der Waals surface area contributed by atoms with E-state index in [0.29, 0.717) is 26.2 Å². The highest BCUT2D eigenvalue weighted by atomic mass is 16.5. The number of benzene rings is 2. The number of nitrogens with zero attached hydrogens (tertiary/aromatic N) is 1. The predicted molar refractivity (Wildman–Crippen MR) is 122 cm³/mol. The Labute approximate surface area is 182 Å². The first kappa shape index (κ1) is 22.3. The minimum Gasteiger partial charge on any atom is -0.507 e. The van der Waals surface area contributed by atoms with Gasteiger partial charge in [0.25, 0.3) is 0 Å². The smallest absolute Gasteiger partial charge is 0.341 e. The van der Waals surface area contributed by atoms with Gasteiger partial charge in [-0.3, -0.25) is 4.99 Å². The highest BCUT2D eigenvalue weighted by Gasteiger charge is 2.17. The van der Waals surface area contributed by atoms with Gasteiger partial charge in [0.05, 0.1) is 6.61 Å². The largest absolute Gasteiger partial charge is 0.507 e. The Hall–Kier alpha value is -3.38. The lowest BCUT2D eigenvalue weighted by Crippen LogP contribution is -2.08. The van der Waals surface area contributed by atoms with Crippen LogP contribution in [0.1, 0.15) is 24.5 Å². The topological polar surface area (TPSA) is 88.3 Å². The van der Waals surface area contributed by atoms with E-state index in [4.69, 9.17) is 9.47 Å². The minimum absolute atomic E-state index is 0.218. The number of fused-ring (bicyclic) bond motifs is 1. The third kappa shape index (κ3) is 5.61. The molecule has 0 aromatic heterocycles. The van der Waals surface area contributed by atoms with Crippen LogP contribution in [0.25, 0.3) is 16.7 Å². The molecule has 2 aromatic rings. The molecule has 2 N–H and O–H groups in total. The fourth-order valence-electron chi connectivity index (χ4n) is 3.48. The molecule has 1 aliphatic rings. The fourth-order valence-corrected chi connectivity index (χ4v) is 3.48. The molecule has 0 saturated carbocycles. The van der Waals surface area contributed by atoms with Gasteiger partial charge >= 0.3 is 5.97 Å². The molecule has 6 heteroatoms. The van der Waals surface area contributed by atoms with E-state index in [1.165, 1.54) is 12.3 Å². The number of carboxylic acid groups (broad SMARTS) is 1. The highest BCUT2D eigenvalue weighted by molar-refractivity contribution is 6.09. The van der Waals surface area contributed by atoms with Crippen molar-refractivity contribution in [2.75, 3.05) is 26.9 Å². The van der Waals surface area contributed by atoms with E-state index >= 15 is 0 Å². The Kier molecular flexibility index (Phi) is 7.62. The van der Waals surface area contributed by atoms with Gasteiger partial charge in [-0.15, -0.1) is 0 Å². The highest BCUT2D eigenvalue weighted by Crippen LogP contribution is 2.36. The summed E-state index contributed by atoms with van der Waals surface area (Å²) in [4.78, 5) is 15.6. The van der Waals surface area contributed by atoms with Gasteiger partial charge in [-0.2, -0.15) is 0 Å². The number of aliphatic carboxylic acids is 1. The van der Waals surface area contributed by atoms with Crippen molar-refractivity contribution in [3.05, 3.63) is 71.0 Å². The lowest BCUT2D eigenvalue weighted by atomic mass is 9.92. The molecule has 0 amide bonds. The molecule has 0 saturated heterocycles. The predicted octanol–water partition coefficient (Wildman–Crippen LogP) is 4.70. The number of rotatable bonds is 7. The molecule has 0 aliphatic carbocycles. The molecule has 0 atom stereocenters. The Morgan fingerprint density at radius 1 is 1.13 bits per heavy atom. The van der Waals surface area contributed by atoms with Gasteiger partial charge < -0.3 is 19.7 Å². The zero-order valence-corrected chi connectivity index (χ0v) is 17.8. The Bertz CT molecular complexity index is 1020. The van der Waals surface area contributed by atoms with Crippen molar-refractivity contribution in [2.45, 2.75) is 19.8 Å². The van der Waals surface area contributed by atoms with Crippen molar-refractivity contribution < 1.29 is 24.5 Å². The molecule has 0 bridgehead atoms. The fraction of sp³-hybridized carbons (Fsp3) is 0.280. The number of hydrogen-bond donors (Lipinski definition) is 2. The summed E-state index contributed by atoms with van der Waals surface area (Å²) in [5.41, 5.74) is 4.46. The third-order valence-electron chi connectivity index (χ3n) is 5.06. The van der Waals surface area contributed by atoms with E-state index in [1.807, 2.05) is 49.4 Å². The average molecular weight is 421 g/mol. The zero-order chi connectivity index (χ0) is 22.2. The molecule has 6 nitrogen and oxygen atoms in total. The maximum Gasteiger partial charge on any atom is 0.341 e. The van der Waals surface area contributed by atoms with E-state index < -0.39 is 5.97 Å².